The average Bonchev–Trinajstić information content (AvgIpc) is 3.92. The highest BCUT2D eigenvalue weighted by Gasteiger charge is 2.56. The van der Waals surface area contributed by atoms with E-state index in [1.54, 1.807) is 33.8 Å². The van der Waals surface area contributed by atoms with E-state index in [9.17, 15) is 36.8 Å². The van der Waals surface area contributed by atoms with Gasteiger partial charge in [0.25, 0.3) is 5.92 Å². The van der Waals surface area contributed by atoms with Gasteiger partial charge in [-0.05, 0) is 70.4 Å². The molecular formula is C36H48F3N5O9S. The molecule has 3 fully saturated rings. The molecule has 0 radical (unpaired) electrons. The first-order valence-corrected chi connectivity index (χ1v) is 19.5. The molecule has 0 aromatic heterocycles. The zero-order valence-corrected chi connectivity index (χ0v) is 31.6. The van der Waals surface area contributed by atoms with Crippen molar-refractivity contribution < 1.29 is 55.0 Å². The van der Waals surface area contributed by atoms with E-state index in [0.717, 1.165) is 4.90 Å². The molecule has 5 rings (SSSR count). The molecule has 1 aromatic rings. The summed E-state index contributed by atoms with van der Waals surface area (Å²) >= 11 is 0. The van der Waals surface area contributed by atoms with Crippen molar-refractivity contribution in [2.75, 3.05) is 6.54 Å². The summed E-state index contributed by atoms with van der Waals surface area (Å²) in [5.41, 5.74) is 4.63. The normalized spacial score (nSPS) is 24.5. The lowest BCUT2D eigenvalue weighted by Gasteiger charge is -2.29. The van der Waals surface area contributed by atoms with Crippen LogP contribution in [0.5, 0.6) is 0 Å². The van der Waals surface area contributed by atoms with Gasteiger partial charge < -0.3 is 25.4 Å². The lowest BCUT2D eigenvalue weighted by atomic mass is 10.0. The molecule has 0 bridgehead atoms. The van der Waals surface area contributed by atoms with Crippen LogP contribution in [0, 0.1) is 17.2 Å². The van der Waals surface area contributed by atoms with Crippen molar-refractivity contribution >= 4 is 39.9 Å². The molecule has 18 heteroatoms. The molecule has 1 aromatic carbocycles. The number of alkyl halides is 2. The summed E-state index contributed by atoms with van der Waals surface area (Å²) in [6.07, 6.45) is -0.744. The Morgan fingerprint density at radius 1 is 1.13 bits per heavy atom. The van der Waals surface area contributed by atoms with Crippen molar-refractivity contribution in [3.05, 3.63) is 47.3 Å². The lowest BCUT2D eigenvalue weighted by Crippen LogP contribution is -2.53. The fourth-order valence-electron chi connectivity index (χ4n) is 6.75. The zero-order chi connectivity index (χ0) is 39.8. The van der Waals surface area contributed by atoms with Gasteiger partial charge in [0.2, 0.25) is 27.7 Å². The highest BCUT2D eigenvalue weighted by molar-refractivity contribution is 7.90. The number of allylic oxidation sites excluding steroid dienone is 2. The molecule has 5 atom stereocenters. The largest absolute Gasteiger partial charge is 0.444 e. The number of carbonyl (C=O) groups is 5. The predicted octanol–water partition coefficient (Wildman–Crippen LogP) is 4.01. The number of primary amides is 1. The van der Waals surface area contributed by atoms with Crippen molar-refractivity contribution in [2.24, 2.45) is 17.1 Å². The van der Waals surface area contributed by atoms with Crippen LogP contribution in [0.3, 0.4) is 0 Å². The van der Waals surface area contributed by atoms with Crippen molar-refractivity contribution in [1.82, 2.24) is 19.8 Å². The third kappa shape index (κ3) is 10.0. The number of rotatable bonds is 14. The second kappa shape index (κ2) is 15.4. The Balaban J connectivity index is 1.17. The Kier molecular flexibility index (Phi) is 11.7. The van der Waals surface area contributed by atoms with Gasteiger partial charge in [-0.2, -0.15) is 0 Å². The minimum Gasteiger partial charge on any atom is -0.444 e. The van der Waals surface area contributed by atoms with Gasteiger partial charge in [0.15, 0.2) is 0 Å². The molecule has 2 heterocycles. The van der Waals surface area contributed by atoms with Gasteiger partial charge in [-0.25, -0.2) is 31.2 Å². The SMILES string of the molecule is CC(C)(C)OC(=O)N[C@@H](CCCC(F)(F)C/C=C\[C@@H]1C[C@]1(C)C(=O)NS(=O)(=O)C1CC1)C(=O)N1C[C@H](OC(=O)N2Cc3cccc(F)c3C2)C[C@H]1C(N)=O. The molecule has 1 saturated heterocycles. The minimum atomic E-state index is -3.73. The number of sulfonamides is 1. The summed E-state index contributed by atoms with van der Waals surface area (Å²) in [7, 11) is -3.73. The Bertz CT molecular complexity index is 1800. The first-order chi connectivity index (χ1) is 25.1. The molecule has 0 unspecified atom stereocenters. The number of fused-ring (bicyclic) bond motifs is 1. The number of likely N-dealkylation sites (tertiary alicyclic amines) is 1. The van der Waals surface area contributed by atoms with Crippen LogP contribution in [0.15, 0.2) is 30.4 Å². The number of nitrogens with two attached hydrogens (primary N) is 1. The number of nitrogens with zero attached hydrogens (tertiary/aromatic N) is 2. The molecule has 0 spiro atoms. The van der Waals surface area contributed by atoms with Crippen LogP contribution in [0.4, 0.5) is 22.8 Å². The first-order valence-electron chi connectivity index (χ1n) is 18.0. The van der Waals surface area contributed by atoms with E-state index in [1.165, 1.54) is 29.2 Å². The van der Waals surface area contributed by atoms with E-state index in [4.69, 9.17) is 15.2 Å². The molecule has 4 N–H and O–H groups in total. The molecular weight excluding hydrogens is 735 g/mol. The third-order valence-corrected chi connectivity index (χ3v) is 12.0. The van der Waals surface area contributed by atoms with Gasteiger partial charge in [0.05, 0.1) is 23.8 Å². The topological polar surface area (TPSA) is 195 Å². The highest BCUT2D eigenvalue weighted by atomic mass is 32.2. The van der Waals surface area contributed by atoms with Gasteiger partial charge >= 0.3 is 12.2 Å². The highest BCUT2D eigenvalue weighted by Crippen LogP contribution is 2.53. The zero-order valence-electron chi connectivity index (χ0n) is 30.7. The molecule has 2 saturated carbocycles. The molecule has 4 aliphatic rings. The van der Waals surface area contributed by atoms with E-state index in [2.05, 4.69) is 10.0 Å². The van der Waals surface area contributed by atoms with Crippen LogP contribution >= 0.6 is 0 Å². The smallest absolute Gasteiger partial charge is 0.410 e. The average molecular weight is 784 g/mol. The minimum absolute atomic E-state index is 0.0261. The van der Waals surface area contributed by atoms with E-state index in [1.807, 2.05) is 0 Å². The number of nitrogens with one attached hydrogen (secondary N) is 2. The Hall–Kier alpha value is -4.35. The molecule has 14 nitrogen and oxygen atoms in total. The van der Waals surface area contributed by atoms with Gasteiger partial charge in [-0.1, -0.05) is 31.2 Å². The van der Waals surface area contributed by atoms with Gasteiger partial charge in [-0.15, -0.1) is 0 Å². The number of ether oxygens (including phenoxy) is 2. The number of hydrogen-bond acceptors (Lipinski definition) is 9. The fourth-order valence-corrected chi connectivity index (χ4v) is 8.16. The number of amides is 5. The van der Waals surface area contributed by atoms with E-state index in [0.29, 0.717) is 30.4 Å². The number of alkyl carbamates (subject to hydrolysis) is 1. The lowest BCUT2D eigenvalue weighted by molar-refractivity contribution is -0.139. The molecule has 54 heavy (non-hydrogen) atoms. The summed E-state index contributed by atoms with van der Waals surface area (Å²) in [6.45, 7) is 6.18. The second-order valence-corrected chi connectivity index (χ2v) is 17.8. The maximum atomic E-state index is 15.0. The second-order valence-electron chi connectivity index (χ2n) is 15.9. The predicted molar refractivity (Wildman–Crippen MR) is 187 cm³/mol. The molecule has 298 valence electrons. The van der Waals surface area contributed by atoms with Crippen LogP contribution in [0.2, 0.25) is 0 Å². The molecule has 2 aliphatic heterocycles. The summed E-state index contributed by atoms with van der Waals surface area (Å²) in [4.78, 5) is 67.0. The Labute approximate surface area is 312 Å². The van der Waals surface area contributed by atoms with Crippen molar-refractivity contribution in [2.45, 2.75) is 127 Å². The Morgan fingerprint density at radius 3 is 2.46 bits per heavy atom. The standard InChI is InChI=1S/C36H48F3N5O9S/c1-34(2,3)53-32(48)41-27(11-7-15-36(38,39)14-6-9-22-17-35(22,4)31(47)42-54(50,51)24-12-13-24)30(46)44-19-23(16-28(44)29(40)45)52-33(49)43-18-21-8-5-10-26(37)25(21)20-43/h5-6,8-10,22-24,27-28H,7,11-20H2,1-4H3,(H2,40,45)(H,41,48)(H,42,47)/b9-6-/t22-,23-,27+,28+,35+/m1/s1. The summed E-state index contributed by atoms with van der Waals surface area (Å²) in [5.74, 6) is -6.46. The molecule has 2 aliphatic carbocycles. The van der Waals surface area contributed by atoms with Crippen LogP contribution in [0.25, 0.3) is 0 Å². The quantitative estimate of drug-likeness (QED) is 0.234. The van der Waals surface area contributed by atoms with Gasteiger partial charge in [0, 0.05) is 31.4 Å². The monoisotopic (exact) mass is 783 g/mol. The number of benzene rings is 1. The summed E-state index contributed by atoms with van der Waals surface area (Å²) in [5, 5.41) is 1.86. The maximum Gasteiger partial charge on any atom is 0.410 e. The summed E-state index contributed by atoms with van der Waals surface area (Å²) in [6, 6.07) is 1.86. The van der Waals surface area contributed by atoms with E-state index < -0.39 is 105 Å². The number of halogens is 3. The van der Waals surface area contributed by atoms with Crippen molar-refractivity contribution in [1.29, 1.82) is 0 Å². The van der Waals surface area contributed by atoms with Crippen LogP contribution in [-0.2, 0) is 47.0 Å². The summed E-state index contributed by atoms with van der Waals surface area (Å²) < 4.78 is 81.6. The van der Waals surface area contributed by atoms with Crippen LogP contribution in [0.1, 0.15) is 90.2 Å². The van der Waals surface area contributed by atoms with Gasteiger partial charge in [0.1, 0.15) is 29.6 Å². The Morgan fingerprint density at radius 2 is 1.83 bits per heavy atom. The maximum absolute atomic E-state index is 15.0. The van der Waals surface area contributed by atoms with E-state index >= 15 is 8.78 Å². The van der Waals surface area contributed by atoms with Gasteiger partial charge in [-0.3, -0.25) is 24.0 Å². The number of hydrogen-bond donors (Lipinski definition) is 3. The molecule has 5 amide bonds. The number of carbonyl (C=O) groups excluding carboxylic acids is 5. The van der Waals surface area contributed by atoms with Crippen LogP contribution < -0.4 is 15.8 Å². The van der Waals surface area contributed by atoms with Crippen LogP contribution in [-0.4, -0.2) is 89.6 Å². The van der Waals surface area contributed by atoms with E-state index in [-0.39, 0.29) is 38.9 Å². The first kappa shape index (κ1) is 40.8. The fraction of sp³-hybridized carbons (Fsp3) is 0.639. The third-order valence-electron chi connectivity index (χ3n) is 10.2. The van der Waals surface area contributed by atoms with Crippen molar-refractivity contribution in [3.63, 3.8) is 0 Å². The van der Waals surface area contributed by atoms with Crippen molar-refractivity contribution in [3.8, 4) is 0 Å².